The predicted octanol–water partition coefficient (Wildman–Crippen LogP) is 2.25. The van der Waals surface area contributed by atoms with Gasteiger partial charge < -0.3 is 20.7 Å². The van der Waals surface area contributed by atoms with Gasteiger partial charge in [-0.25, -0.2) is 0 Å². The number of benzene rings is 1. The maximum atomic E-state index is 11.9. The van der Waals surface area contributed by atoms with Crippen LogP contribution in [0.15, 0.2) is 24.3 Å². The Morgan fingerprint density at radius 1 is 1.28 bits per heavy atom. The lowest BCUT2D eigenvalue weighted by Crippen LogP contribution is -2.50. The lowest BCUT2D eigenvalue weighted by atomic mass is 9.94. The zero-order valence-electron chi connectivity index (χ0n) is 14.9. The largest absolute Gasteiger partial charge is 0.484 e. The molecule has 0 aliphatic carbocycles. The number of rotatable bonds is 8. The molecule has 1 aliphatic heterocycles. The van der Waals surface area contributed by atoms with Gasteiger partial charge in [-0.2, -0.15) is 0 Å². The van der Waals surface area contributed by atoms with E-state index in [9.17, 15) is 9.59 Å². The highest BCUT2D eigenvalue weighted by molar-refractivity contribution is 5.95. The van der Waals surface area contributed by atoms with Crippen LogP contribution in [0.4, 0.5) is 5.69 Å². The van der Waals surface area contributed by atoms with E-state index in [0.29, 0.717) is 18.7 Å². The fourth-order valence-electron chi connectivity index (χ4n) is 2.62. The standard InChI is InChI=1S/C18H27N3O3.ClH/c1-3-18(19,4-2)13-20-16(22)12-24-15-9-7-14(8-10-15)21-11-5-6-17(21)23;/h7-10H,3-6,11-13,19H2,1-2H3,(H,20,22);1H. The number of ether oxygens (including phenoxy) is 1. The minimum atomic E-state index is -0.362. The number of hydrogen-bond donors (Lipinski definition) is 2. The summed E-state index contributed by atoms with van der Waals surface area (Å²) in [6.45, 7) is 5.18. The number of nitrogens with zero attached hydrogens (tertiary/aromatic N) is 1. The van der Waals surface area contributed by atoms with Gasteiger partial charge in [0.2, 0.25) is 5.91 Å². The van der Waals surface area contributed by atoms with Crippen LogP contribution in [0.2, 0.25) is 0 Å². The number of carbonyl (C=O) groups is 2. The van der Waals surface area contributed by atoms with Crippen molar-refractivity contribution in [1.82, 2.24) is 5.32 Å². The minimum Gasteiger partial charge on any atom is -0.484 e. The van der Waals surface area contributed by atoms with Crippen LogP contribution in [0.3, 0.4) is 0 Å². The van der Waals surface area contributed by atoms with E-state index in [1.54, 1.807) is 17.0 Å². The summed E-state index contributed by atoms with van der Waals surface area (Å²) in [7, 11) is 0. The van der Waals surface area contributed by atoms with Crippen molar-refractivity contribution in [3.8, 4) is 5.75 Å². The third-order valence-corrected chi connectivity index (χ3v) is 4.64. The number of carbonyl (C=O) groups excluding carboxylic acids is 2. The second-order valence-corrected chi connectivity index (χ2v) is 6.28. The molecule has 0 unspecified atom stereocenters. The lowest BCUT2D eigenvalue weighted by Gasteiger charge is -2.26. The molecule has 0 bridgehead atoms. The van der Waals surface area contributed by atoms with Crippen LogP contribution in [-0.4, -0.2) is 37.0 Å². The second-order valence-electron chi connectivity index (χ2n) is 6.28. The van der Waals surface area contributed by atoms with Crippen LogP contribution < -0.4 is 20.7 Å². The van der Waals surface area contributed by atoms with E-state index in [1.807, 2.05) is 26.0 Å². The minimum absolute atomic E-state index is 0. The maximum Gasteiger partial charge on any atom is 0.258 e. The van der Waals surface area contributed by atoms with E-state index in [2.05, 4.69) is 5.32 Å². The van der Waals surface area contributed by atoms with Gasteiger partial charge in [0.25, 0.3) is 5.91 Å². The fourth-order valence-corrected chi connectivity index (χ4v) is 2.62. The van der Waals surface area contributed by atoms with Crippen LogP contribution in [0.25, 0.3) is 0 Å². The molecule has 6 nitrogen and oxygen atoms in total. The van der Waals surface area contributed by atoms with Gasteiger partial charge in [-0.3, -0.25) is 9.59 Å². The molecule has 0 atom stereocenters. The van der Waals surface area contributed by atoms with Crippen molar-refractivity contribution in [2.75, 3.05) is 24.6 Å². The molecule has 1 aliphatic rings. The van der Waals surface area contributed by atoms with E-state index in [-0.39, 0.29) is 36.4 Å². The van der Waals surface area contributed by atoms with Crippen molar-refractivity contribution in [2.24, 2.45) is 5.73 Å². The van der Waals surface area contributed by atoms with Gasteiger partial charge >= 0.3 is 0 Å². The molecule has 1 heterocycles. The molecule has 0 spiro atoms. The Bertz CT molecular complexity index is 573. The Balaban J connectivity index is 0.00000312. The van der Waals surface area contributed by atoms with Gasteiger partial charge in [-0.15, -0.1) is 12.4 Å². The Labute approximate surface area is 155 Å². The van der Waals surface area contributed by atoms with Crippen molar-refractivity contribution in [3.63, 3.8) is 0 Å². The molecule has 2 rings (SSSR count). The fraction of sp³-hybridized carbons (Fsp3) is 0.556. The Morgan fingerprint density at radius 3 is 2.44 bits per heavy atom. The summed E-state index contributed by atoms with van der Waals surface area (Å²) < 4.78 is 5.49. The number of nitrogens with one attached hydrogen (secondary N) is 1. The Morgan fingerprint density at radius 2 is 1.92 bits per heavy atom. The quantitative estimate of drug-likeness (QED) is 0.736. The van der Waals surface area contributed by atoms with Crippen LogP contribution in [-0.2, 0) is 9.59 Å². The number of hydrogen-bond acceptors (Lipinski definition) is 4. The van der Waals surface area contributed by atoms with Crippen molar-refractivity contribution in [2.45, 2.75) is 45.1 Å². The van der Waals surface area contributed by atoms with Crippen LogP contribution in [0.5, 0.6) is 5.75 Å². The molecule has 1 fully saturated rings. The number of halogens is 1. The lowest BCUT2D eigenvalue weighted by molar-refractivity contribution is -0.123. The highest BCUT2D eigenvalue weighted by Gasteiger charge is 2.22. The normalized spacial score (nSPS) is 14.2. The summed E-state index contributed by atoms with van der Waals surface area (Å²) in [4.78, 5) is 25.3. The maximum absolute atomic E-state index is 11.9. The van der Waals surface area contributed by atoms with Crippen molar-refractivity contribution >= 4 is 29.9 Å². The van der Waals surface area contributed by atoms with E-state index in [1.165, 1.54) is 0 Å². The summed E-state index contributed by atoms with van der Waals surface area (Å²) in [5, 5.41) is 2.82. The summed E-state index contributed by atoms with van der Waals surface area (Å²) in [5.74, 6) is 0.566. The first-order valence-corrected chi connectivity index (χ1v) is 8.56. The summed E-state index contributed by atoms with van der Waals surface area (Å²) >= 11 is 0. The first-order chi connectivity index (χ1) is 11.5. The average molecular weight is 370 g/mol. The van der Waals surface area contributed by atoms with Crippen LogP contribution >= 0.6 is 12.4 Å². The van der Waals surface area contributed by atoms with E-state index in [0.717, 1.165) is 31.5 Å². The summed E-state index contributed by atoms with van der Waals surface area (Å²) in [6, 6.07) is 7.24. The van der Waals surface area contributed by atoms with Crippen LogP contribution in [0, 0.1) is 0 Å². The molecular formula is C18H28ClN3O3. The van der Waals surface area contributed by atoms with Crippen molar-refractivity contribution < 1.29 is 14.3 Å². The van der Waals surface area contributed by atoms with E-state index < -0.39 is 0 Å². The first kappa shape index (κ1) is 21.3. The number of nitrogens with two attached hydrogens (primary N) is 1. The van der Waals surface area contributed by atoms with Gasteiger partial charge in [0.05, 0.1) is 0 Å². The molecule has 3 N–H and O–H groups in total. The van der Waals surface area contributed by atoms with E-state index >= 15 is 0 Å². The molecule has 7 heteroatoms. The van der Waals surface area contributed by atoms with Gasteiger partial charge in [-0.1, -0.05) is 13.8 Å². The molecule has 25 heavy (non-hydrogen) atoms. The average Bonchev–Trinajstić information content (AvgIpc) is 3.04. The molecule has 1 aromatic rings. The van der Waals surface area contributed by atoms with Crippen molar-refractivity contribution in [3.05, 3.63) is 24.3 Å². The Hall–Kier alpha value is -1.79. The molecule has 0 radical (unpaired) electrons. The molecule has 140 valence electrons. The van der Waals surface area contributed by atoms with Gasteiger partial charge in [0.1, 0.15) is 5.75 Å². The number of amides is 2. The first-order valence-electron chi connectivity index (χ1n) is 8.56. The van der Waals surface area contributed by atoms with E-state index in [4.69, 9.17) is 10.5 Å². The monoisotopic (exact) mass is 369 g/mol. The molecular weight excluding hydrogens is 342 g/mol. The highest BCUT2D eigenvalue weighted by Crippen LogP contribution is 2.23. The van der Waals surface area contributed by atoms with Gasteiger partial charge in [0, 0.05) is 30.7 Å². The Kier molecular flexibility index (Phi) is 8.19. The second kappa shape index (κ2) is 9.63. The smallest absolute Gasteiger partial charge is 0.258 e. The summed E-state index contributed by atoms with van der Waals surface area (Å²) in [5.41, 5.74) is 6.66. The highest BCUT2D eigenvalue weighted by atomic mass is 35.5. The zero-order valence-corrected chi connectivity index (χ0v) is 15.7. The molecule has 1 saturated heterocycles. The summed E-state index contributed by atoms with van der Waals surface area (Å²) in [6.07, 6.45) is 3.12. The van der Waals surface area contributed by atoms with Crippen LogP contribution in [0.1, 0.15) is 39.5 Å². The van der Waals surface area contributed by atoms with Crippen molar-refractivity contribution in [1.29, 1.82) is 0 Å². The molecule has 2 amide bonds. The number of anilines is 1. The van der Waals surface area contributed by atoms with Gasteiger partial charge in [-0.05, 0) is 43.5 Å². The topological polar surface area (TPSA) is 84.7 Å². The molecule has 0 saturated carbocycles. The SMILES string of the molecule is CCC(N)(CC)CNC(=O)COc1ccc(N2CCCC2=O)cc1.Cl. The molecule has 1 aromatic carbocycles. The predicted molar refractivity (Wildman–Crippen MR) is 101 cm³/mol. The van der Waals surface area contributed by atoms with Gasteiger partial charge in [0.15, 0.2) is 6.61 Å². The zero-order chi connectivity index (χ0) is 17.6. The molecule has 0 aromatic heterocycles. The third-order valence-electron chi connectivity index (χ3n) is 4.64. The third kappa shape index (κ3) is 5.90.